The number of thiazole rings is 1. The highest BCUT2D eigenvalue weighted by Crippen LogP contribution is 2.24. The van der Waals surface area contributed by atoms with E-state index in [1.54, 1.807) is 18.6 Å². The lowest BCUT2D eigenvalue weighted by Crippen LogP contribution is -2.30. The Bertz CT molecular complexity index is 1040. The van der Waals surface area contributed by atoms with Crippen LogP contribution in [-0.4, -0.2) is 40.7 Å². The Morgan fingerprint density at radius 3 is 2.74 bits per heavy atom. The SMILES string of the molecule is COCCC(NC(=O)c1ccc(-c2cncc(OC(C)C)n2)cc1F)c1csc(N)n1. The second-order valence-electron chi connectivity index (χ2n) is 7.02. The molecule has 10 heteroatoms. The lowest BCUT2D eigenvalue weighted by atomic mass is 10.1. The van der Waals surface area contributed by atoms with Crippen LogP contribution in [0.4, 0.5) is 9.52 Å². The van der Waals surface area contributed by atoms with Crippen LogP contribution in [-0.2, 0) is 4.74 Å². The van der Waals surface area contributed by atoms with Crippen LogP contribution in [0.25, 0.3) is 11.3 Å². The molecule has 0 spiro atoms. The third-order valence-corrected chi connectivity index (χ3v) is 4.98. The van der Waals surface area contributed by atoms with E-state index in [-0.39, 0.29) is 11.7 Å². The Labute approximate surface area is 183 Å². The molecule has 2 heterocycles. The van der Waals surface area contributed by atoms with E-state index >= 15 is 0 Å². The predicted octanol–water partition coefficient (Wildman–Crippen LogP) is 3.62. The third-order valence-electron chi connectivity index (χ3n) is 4.29. The normalized spacial score (nSPS) is 12.0. The van der Waals surface area contributed by atoms with E-state index in [9.17, 15) is 9.18 Å². The van der Waals surface area contributed by atoms with Gasteiger partial charge >= 0.3 is 0 Å². The van der Waals surface area contributed by atoms with Crippen molar-refractivity contribution in [1.82, 2.24) is 20.3 Å². The Kier molecular flexibility index (Phi) is 7.48. The van der Waals surface area contributed by atoms with Gasteiger partial charge in [-0.2, -0.15) is 0 Å². The van der Waals surface area contributed by atoms with Crippen molar-refractivity contribution in [3.63, 3.8) is 0 Å². The molecule has 1 atom stereocenters. The zero-order valence-electron chi connectivity index (χ0n) is 17.5. The molecule has 0 saturated carbocycles. The minimum Gasteiger partial charge on any atom is -0.474 e. The summed E-state index contributed by atoms with van der Waals surface area (Å²) in [7, 11) is 1.57. The van der Waals surface area contributed by atoms with Crippen molar-refractivity contribution in [2.75, 3.05) is 19.5 Å². The lowest BCUT2D eigenvalue weighted by Gasteiger charge is -2.17. The summed E-state index contributed by atoms with van der Waals surface area (Å²) in [6.07, 6.45) is 3.41. The number of rotatable bonds is 9. The average molecular weight is 446 g/mol. The first-order chi connectivity index (χ1) is 14.9. The number of amides is 1. The second-order valence-corrected chi connectivity index (χ2v) is 7.91. The van der Waals surface area contributed by atoms with E-state index in [1.165, 1.54) is 35.9 Å². The molecule has 164 valence electrons. The van der Waals surface area contributed by atoms with Gasteiger partial charge in [0, 0.05) is 24.7 Å². The van der Waals surface area contributed by atoms with Gasteiger partial charge in [-0.3, -0.25) is 9.78 Å². The zero-order chi connectivity index (χ0) is 22.4. The molecular formula is C21H24FN5O3S. The van der Waals surface area contributed by atoms with Crippen molar-refractivity contribution >= 4 is 22.4 Å². The molecule has 3 aromatic rings. The van der Waals surface area contributed by atoms with Crippen molar-refractivity contribution in [1.29, 1.82) is 0 Å². The van der Waals surface area contributed by atoms with Gasteiger partial charge in [0.2, 0.25) is 5.88 Å². The van der Waals surface area contributed by atoms with Crippen LogP contribution in [0.15, 0.2) is 36.0 Å². The minimum absolute atomic E-state index is 0.0634. The van der Waals surface area contributed by atoms with Gasteiger partial charge in [-0.1, -0.05) is 6.07 Å². The van der Waals surface area contributed by atoms with Crippen molar-refractivity contribution in [3.8, 4) is 17.1 Å². The summed E-state index contributed by atoms with van der Waals surface area (Å²) < 4.78 is 25.4. The fourth-order valence-electron chi connectivity index (χ4n) is 2.87. The summed E-state index contributed by atoms with van der Waals surface area (Å²) in [5.74, 6) is -0.881. The minimum atomic E-state index is -0.671. The maximum absolute atomic E-state index is 14.8. The van der Waals surface area contributed by atoms with E-state index in [1.807, 2.05) is 13.8 Å². The molecule has 2 aromatic heterocycles. The molecule has 0 aliphatic heterocycles. The highest BCUT2D eigenvalue weighted by Gasteiger charge is 2.21. The molecule has 1 unspecified atom stereocenters. The number of anilines is 1. The number of nitrogens with two attached hydrogens (primary N) is 1. The average Bonchev–Trinajstić information content (AvgIpc) is 3.16. The van der Waals surface area contributed by atoms with Gasteiger partial charge in [0.1, 0.15) is 5.82 Å². The molecule has 1 aromatic carbocycles. The largest absolute Gasteiger partial charge is 0.474 e. The number of hydrogen-bond donors (Lipinski definition) is 2. The van der Waals surface area contributed by atoms with Crippen molar-refractivity contribution in [3.05, 3.63) is 53.0 Å². The molecular weight excluding hydrogens is 421 g/mol. The lowest BCUT2D eigenvalue weighted by molar-refractivity contribution is 0.0919. The smallest absolute Gasteiger partial charge is 0.254 e. The molecule has 0 fully saturated rings. The number of carbonyl (C=O) groups is 1. The topological polar surface area (TPSA) is 112 Å². The van der Waals surface area contributed by atoms with Crippen LogP contribution in [0.3, 0.4) is 0 Å². The van der Waals surface area contributed by atoms with Crippen LogP contribution in [0.5, 0.6) is 5.88 Å². The Balaban J connectivity index is 1.79. The van der Waals surface area contributed by atoms with Crippen molar-refractivity contribution < 1.29 is 18.7 Å². The molecule has 3 N–H and O–H groups in total. The molecule has 1 amide bonds. The predicted molar refractivity (Wildman–Crippen MR) is 116 cm³/mol. The third kappa shape index (κ3) is 5.96. The molecule has 0 aliphatic rings. The number of hydrogen-bond acceptors (Lipinski definition) is 8. The number of halogens is 1. The van der Waals surface area contributed by atoms with Gasteiger partial charge in [0.25, 0.3) is 5.91 Å². The van der Waals surface area contributed by atoms with Gasteiger partial charge in [-0.05, 0) is 32.4 Å². The highest BCUT2D eigenvalue weighted by atomic mass is 32.1. The van der Waals surface area contributed by atoms with Crippen molar-refractivity contribution in [2.45, 2.75) is 32.4 Å². The fourth-order valence-corrected chi connectivity index (χ4v) is 3.49. The van der Waals surface area contributed by atoms with Crippen LogP contribution in [0.2, 0.25) is 0 Å². The summed E-state index contributed by atoms with van der Waals surface area (Å²) in [5.41, 5.74) is 7.16. The van der Waals surface area contributed by atoms with E-state index in [0.717, 1.165) is 0 Å². The zero-order valence-corrected chi connectivity index (χ0v) is 18.3. The van der Waals surface area contributed by atoms with E-state index in [0.29, 0.717) is 41.0 Å². The molecule has 0 saturated heterocycles. The number of nitrogens with one attached hydrogen (secondary N) is 1. The first kappa shape index (κ1) is 22.6. The van der Waals surface area contributed by atoms with Crippen LogP contribution < -0.4 is 15.8 Å². The van der Waals surface area contributed by atoms with Gasteiger partial charge in [0.15, 0.2) is 5.13 Å². The summed E-state index contributed by atoms with van der Waals surface area (Å²) in [6.45, 7) is 4.15. The fraction of sp³-hybridized carbons (Fsp3) is 0.333. The number of benzene rings is 1. The van der Waals surface area contributed by atoms with Gasteiger partial charge in [-0.15, -0.1) is 11.3 Å². The number of methoxy groups -OCH3 is 1. The summed E-state index contributed by atoms with van der Waals surface area (Å²) >= 11 is 1.27. The van der Waals surface area contributed by atoms with Crippen LogP contribution >= 0.6 is 11.3 Å². The Hall–Kier alpha value is -3.11. The molecule has 0 aliphatic carbocycles. The molecule has 3 rings (SSSR count). The molecule has 8 nitrogen and oxygen atoms in total. The van der Waals surface area contributed by atoms with Crippen LogP contribution in [0.1, 0.15) is 42.4 Å². The summed E-state index contributed by atoms with van der Waals surface area (Å²) in [6, 6.07) is 3.84. The maximum atomic E-state index is 14.8. The number of nitrogen functional groups attached to an aromatic ring is 1. The van der Waals surface area contributed by atoms with Gasteiger partial charge < -0.3 is 20.5 Å². The van der Waals surface area contributed by atoms with E-state index < -0.39 is 17.8 Å². The molecule has 0 bridgehead atoms. The summed E-state index contributed by atoms with van der Waals surface area (Å²) in [5, 5.41) is 4.97. The highest BCUT2D eigenvalue weighted by molar-refractivity contribution is 7.13. The Morgan fingerprint density at radius 2 is 2.10 bits per heavy atom. The van der Waals surface area contributed by atoms with E-state index in [4.69, 9.17) is 15.2 Å². The number of carbonyl (C=O) groups excluding carboxylic acids is 1. The first-order valence-corrected chi connectivity index (χ1v) is 10.5. The quantitative estimate of drug-likeness (QED) is 0.517. The number of nitrogens with zero attached hydrogens (tertiary/aromatic N) is 3. The number of ether oxygens (including phenoxy) is 2. The standard InChI is InChI=1S/C21H24FN5O3S/c1-12(2)30-19-10-24-9-17(25-19)13-4-5-14(15(22)8-13)20(28)26-16(6-7-29-3)18-11-31-21(23)27-18/h4-5,8-12,16H,6-7H2,1-3H3,(H2,23,27)(H,26,28). The second kappa shape index (κ2) is 10.3. The monoisotopic (exact) mass is 445 g/mol. The maximum Gasteiger partial charge on any atom is 0.254 e. The first-order valence-electron chi connectivity index (χ1n) is 9.66. The molecule has 31 heavy (non-hydrogen) atoms. The number of aromatic nitrogens is 3. The van der Waals surface area contributed by atoms with E-state index in [2.05, 4.69) is 20.3 Å². The van der Waals surface area contributed by atoms with Crippen molar-refractivity contribution in [2.24, 2.45) is 0 Å². The van der Waals surface area contributed by atoms with Gasteiger partial charge in [-0.25, -0.2) is 14.4 Å². The Morgan fingerprint density at radius 1 is 1.29 bits per heavy atom. The van der Waals surface area contributed by atoms with Crippen LogP contribution in [0, 0.1) is 5.82 Å². The summed E-state index contributed by atoms with van der Waals surface area (Å²) in [4.78, 5) is 25.4. The van der Waals surface area contributed by atoms with Gasteiger partial charge in [0.05, 0.1) is 41.5 Å². The molecule has 0 radical (unpaired) electrons.